The van der Waals surface area contributed by atoms with E-state index in [9.17, 15) is 14.7 Å². The summed E-state index contributed by atoms with van der Waals surface area (Å²) in [4.78, 5) is 33.3. The van der Waals surface area contributed by atoms with Crippen molar-refractivity contribution >= 4 is 44.1 Å². The SMILES string of the molecule is CCOc1ccc(C2/C(=C(/O)c3ccc4c(c3)OCCO4)C(=O)C(=O)N2c2nc3ccc(OC)cc3s2)cc1OC. The zero-order chi connectivity index (χ0) is 28.7. The summed E-state index contributed by atoms with van der Waals surface area (Å²) in [6.07, 6.45) is 0. The number of methoxy groups -OCH3 is 2. The van der Waals surface area contributed by atoms with Crippen molar-refractivity contribution in [3.05, 3.63) is 71.3 Å². The number of rotatable bonds is 7. The number of ketones is 1. The van der Waals surface area contributed by atoms with E-state index in [0.29, 0.717) is 70.3 Å². The Morgan fingerprint density at radius 3 is 2.56 bits per heavy atom. The molecule has 1 N–H and O–H groups in total. The van der Waals surface area contributed by atoms with Crippen LogP contribution in [0.1, 0.15) is 24.1 Å². The van der Waals surface area contributed by atoms with Gasteiger partial charge in [-0.05, 0) is 61.0 Å². The summed E-state index contributed by atoms with van der Waals surface area (Å²) in [7, 11) is 3.08. The van der Waals surface area contributed by atoms with Gasteiger partial charge in [-0.25, -0.2) is 4.98 Å². The fourth-order valence-corrected chi connectivity index (χ4v) is 5.96. The molecular weight excluding hydrogens is 548 g/mol. The molecule has 0 spiro atoms. The van der Waals surface area contributed by atoms with Crippen LogP contribution in [-0.2, 0) is 9.59 Å². The molecule has 1 atom stereocenters. The monoisotopic (exact) mass is 574 g/mol. The summed E-state index contributed by atoms with van der Waals surface area (Å²) in [5.41, 5.74) is 1.39. The maximum absolute atomic E-state index is 13.7. The molecule has 1 fully saturated rings. The quantitative estimate of drug-likeness (QED) is 0.183. The number of aliphatic hydroxyl groups is 1. The summed E-state index contributed by atoms with van der Waals surface area (Å²) >= 11 is 1.24. The van der Waals surface area contributed by atoms with E-state index in [4.69, 9.17) is 23.7 Å². The van der Waals surface area contributed by atoms with Gasteiger partial charge in [-0.1, -0.05) is 17.4 Å². The van der Waals surface area contributed by atoms with Crippen molar-refractivity contribution in [1.82, 2.24) is 4.98 Å². The zero-order valence-electron chi connectivity index (χ0n) is 22.5. The topological polar surface area (TPSA) is 117 Å². The number of aliphatic hydroxyl groups excluding tert-OH is 1. The number of fused-ring (bicyclic) bond motifs is 2. The third kappa shape index (κ3) is 4.57. The van der Waals surface area contributed by atoms with Gasteiger partial charge in [0.15, 0.2) is 28.1 Å². The van der Waals surface area contributed by atoms with E-state index >= 15 is 0 Å². The Hall–Kier alpha value is -4.77. The highest BCUT2D eigenvalue weighted by molar-refractivity contribution is 7.22. The van der Waals surface area contributed by atoms with E-state index < -0.39 is 17.7 Å². The van der Waals surface area contributed by atoms with Crippen molar-refractivity contribution in [2.45, 2.75) is 13.0 Å². The van der Waals surface area contributed by atoms with Gasteiger partial charge in [0.25, 0.3) is 5.78 Å². The third-order valence-corrected chi connectivity index (χ3v) is 7.87. The van der Waals surface area contributed by atoms with Gasteiger partial charge >= 0.3 is 5.91 Å². The molecule has 1 aromatic heterocycles. The number of benzene rings is 3. The van der Waals surface area contributed by atoms with Gasteiger partial charge in [0.2, 0.25) is 0 Å². The highest BCUT2D eigenvalue weighted by Crippen LogP contribution is 2.46. The van der Waals surface area contributed by atoms with Crippen LogP contribution in [0.5, 0.6) is 28.7 Å². The predicted octanol–water partition coefficient (Wildman–Crippen LogP) is 5.11. The molecule has 4 aromatic rings. The molecule has 0 radical (unpaired) electrons. The van der Waals surface area contributed by atoms with E-state index in [1.807, 2.05) is 13.0 Å². The Morgan fingerprint density at radius 1 is 1.00 bits per heavy atom. The fourth-order valence-electron chi connectivity index (χ4n) is 4.94. The van der Waals surface area contributed by atoms with Crippen LogP contribution in [0.2, 0.25) is 0 Å². The van der Waals surface area contributed by atoms with Crippen LogP contribution < -0.4 is 28.6 Å². The number of nitrogens with zero attached hydrogens (tertiary/aromatic N) is 2. The summed E-state index contributed by atoms with van der Waals surface area (Å²) in [5.74, 6) is 0.544. The number of hydrogen-bond donors (Lipinski definition) is 1. The molecule has 210 valence electrons. The van der Waals surface area contributed by atoms with Crippen molar-refractivity contribution in [2.24, 2.45) is 0 Å². The summed E-state index contributed by atoms with van der Waals surface area (Å²) in [6.45, 7) is 3.05. The first-order chi connectivity index (χ1) is 19.9. The van der Waals surface area contributed by atoms with Crippen molar-refractivity contribution < 1.29 is 38.4 Å². The van der Waals surface area contributed by atoms with Crippen LogP contribution in [0.15, 0.2) is 60.2 Å². The Morgan fingerprint density at radius 2 is 1.80 bits per heavy atom. The van der Waals surface area contributed by atoms with Crippen LogP contribution in [0.3, 0.4) is 0 Å². The number of carbonyl (C=O) groups excluding carboxylic acids is 2. The summed E-state index contributed by atoms with van der Waals surface area (Å²) in [5, 5.41) is 11.9. The molecule has 6 rings (SSSR count). The fraction of sp³-hybridized carbons (Fsp3) is 0.233. The van der Waals surface area contributed by atoms with E-state index in [0.717, 1.165) is 4.70 Å². The number of aromatic nitrogens is 1. The zero-order valence-corrected chi connectivity index (χ0v) is 23.3. The number of anilines is 1. The Kier molecular flexibility index (Phi) is 6.88. The highest BCUT2D eigenvalue weighted by atomic mass is 32.1. The lowest BCUT2D eigenvalue weighted by atomic mass is 9.95. The second-order valence-corrected chi connectivity index (χ2v) is 10.2. The molecule has 10 nitrogen and oxygen atoms in total. The number of ether oxygens (including phenoxy) is 5. The van der Waals surface area contributed by atoms with Gasteiger partial charge < -0.3 is 28.8 Å². The first-order valence-electron chi connectivity index (χ1n) is 12.9. The second kappa shape index (κ2) is 10.7. The average molecular weight is 575 g/mol. The largest absolute Gasteiger partial charge is 0.507 e. The maximum Gasteiger partial charge on any atom is 0.301 e. The smallest absolute Gasteiger partial charge is 0.301 e. The van der Waals surface area contributed by atoms with E-state index in [1.165, 1.54) is 23.3 Å². The first-order valence-corrected chi connectivity index (χ1v) is 13.7. The van der Waals surface area contributed by atoms with E-state index in [-0.39, 0.29) is 11.3 Å². The minimum absolute atomic E-state index is 0.0882. The van der Waals surface area contributed by atoms with Crippen LogP contribution in [0.4, 0.5) is 5.13 Å². The number of carbonyl (C=O) groups is 2. The molecule has 3 heterocycles. The number of amides is 1. The van der Waals surface area contributed by atoms with Gasteiger partial charge in [0.1, 0.15) is 24.7 Å². The van der Waals surface area contributed by atoms with Gasteiger partial charge in [-0.2, -0.15) is 0 Å². The molecular formula is C30H26N2O8S. The second-order valence-electron chi connectivity index (χ2n) is 9.20. The van der Waals surface area contributed by atoms with E-state index in [1.54, 1.807) is 55.6 Å². The van der Waals surface area contributed by atoms with Gasteiger partial charge in [-0.15, -0.1) is 0 Å². The number of hydrogen-bond acceptors (Lipinski definition) is 10. The van der Waals surface area contributed by atoms with Crippen LogP contribution >= 0.6 is 11.3 Å². The molecule has 0 bridgehead atoms. The Balaban J connectivity index is 1.54. The third-order valence-electron chi connectivity index (χ3n) is 6.85. The molecule has 1 saturated heterocycles. The molecule has 2 aliphatic heterocycles. The first kappa shape index (κ1) is 26.5. The Bertz CT molecular complexity index is 1710. The van der Waals surface area contributed by atoms with Crippen LogP contribution in [-0.4, -0.2) is 55.8 Å². The van der Waals surface area contributed by atoms with Crippen molar-refractivity contribution in [3.8, 4) is 28.7 Å². The molecule has 2 aliphatic rings. The van der Waals surface area contributed by atoms with Crippen LogP contribution in [0, 0.1) is 0 Å². The summed E-state index contributed by atoms with van der Waals surface area (Å²) in [6, 6.07) is 14.4. The highest BCUT2D eigenvalue weighted by Gasteiger charge is 2.48. The predicted molar refractivity (Wildman–Crippen MR) is 153 cm³/mol. The standard InChI is InChI=1S/C30H26N2O8S/c1-4-38-20-9-5-16(13-22(20)37-3)26-25(27(33)17-6-10-21-23(14-17)40-12-11-39-21)28(34)29(35)32(26)30-31-19-8-7-18(36-2)15-24(19)41-30/h5-10,13-15,26,33H,4,11-12H2,1-3H3/b27-25-. The van der Waals surface area contributed by atoms with Crippen molar-refractivity contribution in [1.29, 1.82) is 0 Å². The van der Waals surface area contributed by atoms with Crippen LogP contribution in [0.25, 0.3) is 16.0 Å². The van der Waals surface area contributed by atoms with Gasteiger partial charge in [-0.3, -0.25) is 14.5 Å². The molecule has 3 aromatic carbocycles. The normalized spacial score (nSPS) is 17.6. The molecule has 11 heteroatoms. The maximum atomic E-state index is 13.7. The lowest BCUT2D eigenvalue weighted by Crippen LogP contribution is -2.29. The van der Waals surface area contributed by atoms with Gasteiger partial charge in [0, 0.05) is 5.56 Å². The minimum atomic E-state index is -1.00. The molecule has 41 heavy (non-hydrogen) atoms. The Labute approximate surface area is 239 Å². The lowest BCUT2D eigenvalue weighted by molar-refractivity contribution is -0.132. The molecule has 0 aliphatic carbocycles. The van der Waals surface area contributed by atoms with Crippen molar-refractivity contribution in [2.75, 3.05) is 38.9 Å². The van der Waals surface area contributed by atoms with Gasteiger partial charge in [0.05, 0.1) is 42.7 Å². The minimum Gasteiger partial charge on any atom is -0.507 e. The number of thiazole rings is 1. The van der Waals surface area contributed by atoms with E-state index in [2.05, 4.69) is 4.98 Å². The summed E-state index contributed by atoms with van der Waals surface area (Å²) < 4.78 is 28.6. The average Bonchev–Trinajstić information content (AvgIpc) is 3.54. The lowest BCUT2D eigenvalue weighted by Gasteiger charge is -2.24. The molecule has 0 saturated carbocycles. The molecule has 1 amide bonds. The van der Waals surface area contributed by atoms with Crippen molar-refractivity contribution in [3.63, 3.8) is 0 Å². The molecule has 1 unspecified atom stereocenters. The number of Topliss-reactive ketones (excluding diaryl/α,β-unsaturated/α-hetero) is 1.